The smallest absolute Gasteiger partial charge is 0.410 e. The summed E-state index contributed by atoms with van der Waals surface area (Å²) in [6.45, 7) is 4.30. The van der Waals surface area contributed by atoms with Gasteiger partial charge in [0.1, 0.15) is 28.2 Å². The fourth-order valence-electron chi connectivity index (χ4n) is 3.81. The summed E-state index contributed by atoms with van der Waals surface area (Å²) in [5.41, 5.74) is 0.611. The number of carbonyl (C=O) groups is 1. The Kier molecular flexibility index (Phi) is 4.29. The number of thiophene rings is 1. The maximum absolute atomic E-state index is 12.5. The van der Waals surface area contributed by atoms with Crippen LogP contribution in [0.4, 0.5) is 4.79 Å². The molecule has 2 atom stereocenters. The molecule has 1 amide bonds. The van der Waals surface area contributed by atoms with Crippen molar-refractivity contribution in [2.24, 2.45) is 11.8 Å². The van der Waals surface area contributed by atoms with Gasteiger partial charge >= 0.3 is 6.09 Å². The summed E-state index contributed by atoms with van der Waals surface area (Å²) in [7, 11) is 0. The Labute approximate surface area is 169 Å². The molecule has 2 bridgehead atoms. The summed E-state index contributed by atoms with van der Waals surface area (Å²) in [6.07, 6.45) is 3.20. The highest BCUT2D eigenvalue weighted by Crippen LogP contribution is 2.40. The van der Waals surface area contributed by atoms with E-state index in [1.165, 1.54) is 6.33 Å². The van der Waals surface area contributed by atoms with Gasteiger partial charge in [-0.25, -0.2) is 14.8 Å². The van der Waals surface area contributed by atoms with E-state index in [-0.39, 0.29) is 29.6 Å². The molecule has 3 aliphatic rings. The van der Waals surface area contributed by atoms with Crippen LogP contribution in [0.2, 0.25) is 0 Å². The van der Waals surface area contributed by atoms with Gasteiger partial charge in [0, 0.05) is 30.3 Å². The third kappa shape index (κ3) is 3.30. The quantitative estimate of drug-likeness (QED) is 0.708. The van der Waals surface area contributed by atoms with Crippen molar-refractivity contribution in [3.8, 4) is 5.88 Å². The first-order valence-corrected chi connectivity index (χ1v) is 10.8. The molecule has 2 aliphatic heterocycles. The van der Waals surface area contributed by atoms with Crippen LogP contribution in [-0.2, 0) is 9.47 Å². The van der Waals surface area contributed by atoms with Crippen LogP contribution in [0.3, 0.4) is 0 Å². The molecule has 2 unspecified atom stereocenters. The van der Waals surface area contributed by atoms with E-state index in [1.54, 1.807) is 11.3 Å². The minimum absolute atomic E-state index is 0.0294. The van der Waals surface area contributed by atoms with E-state index in [2.05, 4.69) is 25.9 Å². The van der Waals surface area contributed by atoms with Crippen molar-refractivity contribution >= 4 is 43.6 Å². The predicted molar refractivity (Wildman–Crippen MR) is 103 cm³/mol. The first-order chi connectivity index (χ1) is 13.0. The zero-order chi connectivity index (χ0) is 18.6. The zero-order valence-corrected chi connectivity index (χ0v) is 17.3. The fourth-order valence-corrected chi connectivity index (χ4v) is 5.33. The van der Waals surface area contributed by atoms with E-state index in [0.717, 1.165) is 27.5 Å². The molecular weight excluding hydrogens is 434 g/mol. The molecule has 0 aromatic carbocycles. The van der Waals surface area contributed by atoms with Crippen LogP contribution in [0, 0.1) is 11.8 Å². The van der Waals surface area contributed by atoms with Gasteiger partial charge < -0.3 is 19.1 Å². The summed E-state index contributed by atoms with van der Waals surface area (Å²) >= 11 is 5.08. The number of hydrogen-bond acceptors (Lipinski definition) is 7. The number of amides is 1. The number of likely N-dealkylation sites (tertiary alicyclic amines) is 1. The topological polar surface area (TPSA) is 73.8 Å². The molecule has 2 aromatic heterocycles. The molecular formula is C18H20BrN3O4S. The molecule has 7 nitrogen and oxygen atoms in total. The van der Waals surface area contributed by atoms with Crippen LogP contribution in [0.5, 0.6) is 5.88 Å². The standard InChI is InChI=1S/C18H20BrN3O4S/c1-18(2-3-18)26-17(23)22-4-10-6-24-7-11(5-22)14(10)25-16-15-13(20-9-21-16)12(19)8-27-15/h8-11,14H,2-7H2,1H3. The maximum atomic E-state index is 12.5. The van der Waals surface area contributed by atoms with Crippen molar-refractivity contribution in [3.63, 3.8) is 0 Å². The average Bonchev–Trinajstić information content (AvgIpc) is 3.23. The van der Waals surface area contributed by atoms with Crippen LogP contribution >= 0.6 is 27.3 Å². The highest BCUT2D eigenvalue weighted by atomic mass is 79.9. The number of piperidine rings is 1. The molecule has 0 radical (unpaired) electrons. The summed E-state index contributed by atoms with van der Waals surface area (Å²) in [4.78, 5) is 23.0. The Morgan fingerprint density at radius 2 is 2.07 bits per heavy atom. The summed E-state index contributed by atoms with van der Waals surface area (Å²) in [6, 6.07) is 0. The molecule has 9 heteroatoms. The second-order valence-electron chi connectivity index (χ2n) is 7.80. The highest BCUT2D eigenvalue weighted by Gasteiger charge is 2.47. The molecule has 3 fully saturated rings. The van der Waals surface area contributed by atoms with Crippen molar-refractivity contribution in [2.45, 2.75) is 31.5 Å². The summed E-state index contributed by atoms with van der Waals surface area (Å²) < 4.78 is 19.6. The maximum Gasteiger partial charge on any atom is 0.410 e. The third-order valence-corrected chi connectivity index (χ3v) is 7.44. The lowest BCUT2D eigenvalue weighted by molar-refractivity contribution is -0.111. The highest BCUT2D eigenvalue weighted by molar-refractivity contribution is 9.10. The van der Waals surface area contributed by atoms with E-state index in [9.17, 15) is 4.79 Å². The van der Waals surface area contributed by atoms with Gasteiger partial charge in [0.15, 0.2) is 0 Å². The van der Waals surface area contributed by atoms with Gasteiger partial charge in [-0.2, -0.15) is 0 Å². The molecule has 5 rings (SSSR count). The zero-order valence-electron chi connectivity index (χ0n) is 14.9. The molecule has 0 N–H and O–H groups in total. The van der Waals surface area contributed by atoms with Crippen LogP contribution in [0.25, 0.3) is 10.2 Å². The van der Waals surface area contributed by atoms with Crippen LogP contribution in [-0.4, -0.2) is 59.0 Å². The van der Waals surface area contributed by atoms with Crippen LogP contribution in [0.15, 0.2) is 16.2 Å². The number of carbonyl (C=O) groups excluding carboxylic acids is 1. The van der Waals surface area contributed by atoms with Gasteiger partial charge in [-0.3, -0.25) is 0 Å². The van der Waals surface area contributed by atoms with Gasteiger partial charge in [0.05, 0.1) is 17.7 Å². The molecule has 2 saturated heterocycles. The van der Waals surface area contributed by atoms with E-state index in [0.29, 0.717) is 32.2 Å². The minimum atomic E-state index is -0.255. The van der Waals surface area contributed by atoms with Gasteiger partial charge in [-0.15, -0.1) is 11.3 Å². The summed E-state index contributed by atoms with van der Waals surface area (Å²) in [5.74, 6) is 0.815. The number of rotatable bonds is 3. The first-order valence-electron chi connectivity index (χ1n) is 9.12. The molecule has 0 spiro atoms. The molecule has 4 heterocycles. The number of hydrogen-bond donors (Lipinski definition) is 0. The Bertz CT molecular complexity index is 873. The monoisotopic (exact) mass is 453 g/mol. The summed E-state index contributed by atoms with van der Waals surface area (Å²) in [5, 5.41) is 1.99. The molecule has 2 aromatic rings. The lowest BCUT2D eigenvalue weighted by Gasteiger charge is -2.46. The Morgan fingerprint density at radius 3 is 2.78 bits per heavy atom. The van der Waals surface area contributed by atoms with E-state index in [4.69, 9.17) is 14.2 Å². The van der Waals surface area contributed by atoms with Crippen molar-refractivity contribution in [1.29, 1.82) is 0 Å². The fraction of sp³-hybridized carbons (Fsp3) is 0.611. The van der Waals surface area contributed by atoms with Crippen molar-refractivity contribution < 1.29 is 19.0 Å². The average molecular weight is 454 g/mol. The van der Waals surface area contributed by atoms with Gasteiger partial charge in [-0.1, -0.05) is 0 Å². The molecule has 27 heavy (non-hydrogen) atoms. The van der Waals surface area contributed by atoms with Gasteiger partial charge in [0.25, 0.3) is 0 Å². The molecule has 1 saturated carbocycles. The SMILES string of the molecule is CC1(OC(=O)N2CC3COCC(C2)C3Oc2ncnc3c(Br)csc23)CC1. The number of aromatic nitrogens is 2. The van der Waals surface area contributed by atoms with Crippen molar-refractivity contribution in [3.05, 3.63) is 16.2 Å². The van der Waals surface area contributed by atoms with Crippen LogP contribution in [0.1, 0.15) is 19.8 Å². The van der Waals surface area contributed by atoms with E-state index >= 15 is 0 Å². The molecule has 1 aliphatic carbocycles. The third-order valence-electron chi connectivity index (χ3n) is 5.57. The Hall–Kier alpha value is -1.45. The number of fused-ring (bicyclic) bond motifs is 3. The second kappa shape index (κ2) is 6.56. The number of ether oxygens (including phenoxy) is 3. The first kappa shape index (κ1) is 17.6. The second-order valence-corrected chi connectivity index (χ2v) is 9.54. The number of nitrogens with zero attached hydrogens (tertiary/aromatic N) is 3. The van der Waals surface area contributed by atoms with Crippen LogP contribution < -0.4 is 4.74 Å². The lowest BCUT2D eigenvalue weighted by atomic mass is 9.84. The van der Waals surface area contributed by atoms with E-state index in [1.807, 2.05) is 17.2 Å². The number of halogens is 1. The van der Waals surface area contributed by atoms with E-state index < -0.39 is 0 Å². The minimum Gasteiger partial charge on any atom is -0.472 e. The van der Waals surface area contributed by atoms with Crippen molar-refractivity contribution in [1.82, 2.24) is 14.9 Å². The van der Waals surface area contributed by atoms with Crippen molar-refractivity contribution in [2.75, 3.05) is 26.3 Å². The van der Waals surface area contributed by atoms with Gasteiger partial charge in [-0.05, 0) is 35.7 Å². The predicted octanol–water partition coefficient (Wildman–Crippen LogP) is 3.47. The largest absolute Gasteiger partial charge is 0.472 e. The lowest BCUT2D eigenvalue weighted by Crippen LogP contribution is -2.59. The Morgan fingerprint density at radius 1 is 1.33 bits per heavy atom. The molecule has 144 valence electrons. The normalized spacial score (nSPS) is 28.8. The van der Waals surface area contributed by atoms with Gasteiger partial charge in [0.2, 0.25) is 5.88 Å². The Balaban J connectivity index is 1.34.